The van der Waals surface area contributed by atoms with Crippen LogP contribution < -0.4 is 10.6 Å². The molecule has 8 heteroatoms. The molecule has 0 spiro atoms. The van der Waals surface area contributed by atoms with Crippen LogP contribution >= 0.6 is 0 Å². The minimum atomic E-state index is -0.440. The molecule has 3 fully saturated rings. The second-order valence-corrected chi connectivity index (χ2v) is 11.4. The van der Waals surface area contributed by atoms with Gasteiger partial charge in [0, 0.05) is 57.0 Å². The normalized spacial score (nSPS) is 23.0. The number of hydrogen-bond acceptors (Lipinski definition) is 5. The molecule has 0 radical (unpaired) electrons. The van der Waals surface area contributed by atoms with E-state index in [1.807, 2.05) is 30.2 Å². The Morgan fingerprint density at radius 1 is 1.09 bits per heavy atom. The van der Waals surface area contributed by atoms with Crippen LogP contribution in [0, 0.1) is 5.92 Å². The van der Waals surface area contributed by atoms with E-state index < -0.39 is 5.60 Å². The summed E-state index contributed by atoms with van der Waals surface area (Å²) in [6.07, 6.45) is 4.09. The van der Waals surface area contributed by atoms with E-state index in [1.165, 1.54) is 5.69 Å². The molecule has 0 bridgehead atoms. The largest absolute Gasteiger partial charge is 0.444 e. The SMILES string of the molecule is C[C@@H]1CN(c2ccc3[nH]c(=O)n(C4CC4)c3c2)CCN1CC1CCN(C(=O)OC(C)(C)C)CC1. The standard InChI is InChI=1S/C26H39N5O3/c1-18-16-30(21-7-8-22-23(15-21)31(20-5-6-20)24(32)27-22)14-13-29(18)17-19-9-11-28(12-10-19)25(33)34-26(2,3)4/h7-8,15,18-20H,5-6,9-14,16-17H2,1-4H3,(H,27,32)/t18-/m1/s1. The molecule has 2 saturated heterocycles. The molecule has 186 valence electrons. The molecule has 1 N–H and O–H groups in total. The third kappa shape index (κ3) is 4.97. The highest BCUT2D eigenvalue weighted by atomic mass is 16.6. The number of piperidine rings is 1. The number of hydrogen-bond donors (Lipinski definition) is 1. The fourth-order valence-corrected chi connectivity index (χ4v) is 5.46. The number of aromatic nitrogens is 2. The number of likely N-dealkylation sites (tertiary alicyclic amines) is 1. The second-order valence-electron chi connectivity index (χ2n) is 11.4. The highest BCUT2D eigenvalue weighted by Gasteiger charge is 2.31. The summed E-state index contributed by atoms with van der Waals surface area (Å²) in [6, 6.07) is 7.23. The number of carbonyl (C=O) groups excluding carboxylic acids is 1. The number of nitrogens with one attached hydrogen (secondary N) is 1. The minimum Gasteiger partial charge on any atom is -0.444 e. The summed E-state index contributed by atoms with van der Waals surface area (Å²) in [5.74, 6) is 0.622. The summed E-state index contributed by atoms with van der Waals surface area (Å²) in [7, 11) is 0. The van der Waals surface area contributed by atoms with Gasteiger partial charge in [0.2, 0.25) is 0 Å². The maximum absolute atomic E-state index is 12.4. The van der Waals surface area contributed by atoms with E-state index >= 15 is 0 Å². The van der Waals surface area contributed by atoms with Gasteiger partial charge in [0.1, 0.15) is 5.60 Å². The van der Waals surface area contributed by atoms with E-state index in [0.29, 0.717) is 18.0 Å². The number of anilines is 1. The van der Waals surface area contributed by atoms with Gasteiger partial charge >= 0.3 is 11.8 Å². The highest BCUT2D eigenvalue weighted by Crippen LogP contribution is 2.36. The molecule has 5 rings (SSSR count). The lowest BCUT2D eigenvalue weighted by atomic mass is 9.95. The summed E-state index contributed by atoms with van der Waals surface area (Å²) in [5.41, 5.74) is 2.76. The van der Waals surface area contributed by atoms with E-state index in [0.717, 1.165) is 76.0 Å². The smallest absolute Gasteiger partial charge is 0.410 e. The van der Waals surface area contributed by atoms with Gasteiger partial charge in [-0.1, -0.05) is 0 Å². The molecule has 1 aromatic carbocycles. The quantitative estimate of drug-likeness (QED) is 0.737. The molecule has 2 aromatic rings. The van der Waals surface area contributed by atoms with Crippen molar-refractivity contribution in [3.05, 3.63) is 28.7 Å². The maximum atomic E-state index is 12.4. The maximum Gasteiger partial charge on any atom is 0.410 e. The molecular formula is C26H39N5O3. The van der Waals surface area contributed by atoms with Gasteiger partial charge in [-0.25, -0.2) is 9.59 Å². The number of nitrogens with zero attached hydrogens (tertiary/aromatic N) is 4. The molecule has 1 atom stereocenters. The van der Waals surface area contributed by atoms with Gasteiger partial charge in [-0.15, -0.1) is 0 Å². The summed E-state index contributed by atoms with van der Waals surface area (Å²) < 4.78 is 7.48. The van der Waals surface area contributed by atoms with E-state index in [-0.39, 0.29) is 11.8 Å². The average Bonchev–Trinajstić information content (AvgIpc) is 3.55. The zero-order chi connectivity index (χ0) is 24.0. The number of H-pyrrole nitrogens is 1. The van der Waals surface area contributed by atoms with Crippen molar-refractivity contribution in [3.8, 4) is 0 Å². The lowest BCUT2D eigenvalue weighted by Gasteiger charge is -2.43. The topological polar surface area (TPSA) is 73.8 Å². The van der Waals surface area contributed by atoms with Crippen molar-refractivity contribution in [2.45, 2.75) is 71.1 Å². The molecule has 1 aromatic heterocycles. The predicted molar refractivity (Wildman–Crippen MR) is 135 cm³/mol. The Bertz CT molecular complexity index is 1090. The molecule has 34 heavy (non-hydrogen) atoms. The molecule has 2 aliphatic heterocycles. The van der Waals surface area contributed by atoms with E-state index in [4.69, 9.17) is 4.74 Å². The van der Waals surface area contributed by atoms with E-state index in [2.05, 4.69) is 39.9 Å². The van der Waals surface area contributed by atoms with Crippen LogP contribution in [-0.4, -0.2) is 76.4 Å². The van der Waals surface area contributed by atoms with Crippen molar-refractivity contribution in [1.82, 2.24) is 19.4 Å². The van der Waals surface area contributed by atoms with Crippen LogP contribution in [0.5, 0.6) is 0 Å². The molecule has 3 heterocycles. The number of ether oxygens (including phenoxy) is 1. The number of carbonyl (C=O) groups is 1. The Kier molecular flexibility index (Phi) is 6.12. The van der Waals surface area contributed by atoms with Crippen molar-refractivity contribution in [2.24, 2.45) is 5.92 Å². The second kappa shape index (κ2) is 8.95. The Labute approximate surface area is 201 Å². The monoisotopic (exact) mass is 469 g/mol. The Balaban J connectivity index is 1.16. The Hall–Kier alpha value is -2.48. The van der Waals surface area contributed by atoms with Crippen LogP contribution in [0.15, 0.2) is 23.0 Å². The number of benzene rings is 1. The van der Waals surface area contributed by atoms with Crippen LogP contribution in [0.25, 0.3) is 11.0 Å². The number of piperazine rings is 1. The average molecular weight is 470 g/mol. The summed E-state index contributed by atoms with van der Waals surface area (Å²) in [6.45, 7) is 13.7. The van der Waals surface area contributed by atoms with Gasteiger partial charge < -0.3 is 19.5 Å². The number of aromatic amines is 1. The van der Waals surface area contributed by atoms with Gasteiger partial charge in [-0.3, -0.25) is 9.47 Å². The van der Waals surface area contributed by atoms with E-state index in [9.17, 15) is 9.59 Å². The fraction of sp³-hybridized carbons (Fsp3) is 0.692. The van der Waals surface area contributed by atoms with Crippen LogP contribution in [0.1, 0.15) is 59.4 Å². The molecule has 8 nitrogen and oxygen atoms in total. The fourth-order valence-electron chi connectivity index (χ4n) is 5.46. The Morgan fingerprint density at radius 2 is 1.82 bits per heavy atom. The lowest BCUT2D eigenvalue weighted by Crippen LogP contribution is -2.54. The molecular weight excluding hydrogens is 430 g/mol. The lowest BCUT2D eigenvalue weighted by molar-refractivity contribution is 0.0161. The molecule has 1 amide bonds. The van der Waals surface area contributed by atoms with Crippen LogP contribution in [0.4, 0.5) is 10.5 Å². The third-order valence-electron chi connectivity index (χ3n) is 7.50. The Morgan fingerprint density at radius 3 is 2.47 bits per heavy atom. The number of fused-ring (bicyclic) bond motifs is 1. The van der Waals surface area contributed by atoms with Crippen LogP contribution in [-0.2, 0) is 4.74 Å². The van der Waals surface area contributed by atoms with E-state index in [1.54, 1.807) is 0 Å². The van der Waals surface area contributed by atoms with Crippen molar-refractivity contribution in [3.63, 3.8) is 0 Å². The molecule has 1 aliphatic carbocycles. The minimum absolute atomic E-state index is 0.0190. The van der Waals surface area contributed by atoms with Crippen LogP contribution in [0.3, 0.4) is 0 Å². The first-order valence-corrected chi connectivity index (χ1v) is 12.9. The molecule has 1 saturated carbocycles. The van der Waals surface area contributed by atoms with Gasteiger partial charge in [0.05, 0.1) is 11.0 Å². The molecule has 0 unspecified atom stereocenters. The van der Waals surface area contributed by atoms with Gasteiger partial charge in [0.15, 0.2) is 0 Å². The van der Waals surface area contributed by atoms with Gasteiger partial charge in [-0.05, 0) is 77.5 Å². The highest BCUT2D eigenvalue weighted by molar-refractivity contribution is 5.80. The number of amides is 1. The summed E-state index contributed by atoms with van der Waals surface area (Å²) in [4.78, 5) is 34.7. The number of imidazole rings is 1. The summed E-state index contributed by atoms with van der Waals surface area (Å²) in [5, 5.41) is 0. The first kappa shape index (κ1) is 23.3. The van der Waals surface area contributed by atoms with Crippen molar-refractivity contribution in [1.29, 1.82) is 0 Å². The van der Waals surface area contributed by atoms with Crippen molar-refractivity contribution >= 4 is 22.8 Å². The summed E-state index contributed by atoms with van der Waals surface area (Å²) >= 11 is 0. The van der Waals surface area contributed by atoms with Crippen molar-refractivity contribution < 1.29 is 9.53 Å². The predicted octanol–water partition coefficient (Wildman–Crippen LogP) is 3.82. The number of rotatable bonds is 4. The zero-order valence-electron chi connectivity index (χ0n) is 21.0. The third-order valence-corrected chi connectivity index (χ3v) is 7.50. The van der Waals surface area contributed by atoms with Crippen LogP contribution in [0.2, 0.25) is 0 Å². The zero-order valence-corrected chi connectivity index (χ0v) is 21.0. The van der Waals surface area contributed by atoms with Crippen molar-refractivity contribution in [2.75, 3.05) is 44.2 Å². The molecule has 3 aliphatic rings. The first-order valence-electron chi connectivity index (χ1n) is 12.9. The van der Waals surface area contributed by atoms with Gasteiger partial charge in [-0.2, -0.15) is 0 Å². The van der Waals surface area contributed by atoms with Gasteiger partial charge in [0.25, 0.3) is 0 Å². The first-order chi connectivity index (χ1) is 16.2.